The normalized spacial score (nSPS) is 22.9. The van der Waals surface area contributed by atoms with Crippen LogP contribution < -0.4 is 0 Å². The fourth-order valence-corrected chi connectivity index (χ4v) is 1.43. The highest BCUT2D eigenvalue weighted by Gasteiger charge is 1.92. The minimum atomic E-state index is 0.732. The molecular formula is C9H18N6. The second-order valence-corrected chi connectivity index (χ2v) is 3.56. The zero-order chi connectivity index (χ0) is 10.6. The molecule has 0 aromatic heterocycles. The van der Waals surface area contributed by atoms with Gasteiger partial charge in [-0.1, -0.05) is 32.1 Å². The summed E-state index contributed by atoms with van der Waals surface area (Å²) in [5.41, 5.74) is 0. The number of nitrogens with zero attached hydrogens (tertiary/aromatic N) is 6. The zero-order valence-corrected chi connectivity index (χ0v) is 9.05. The summed E-state index contributed by atoms with van der Waals surface area (Å²) in [5, 5.41) is 21.5. The molecule has 0 aliphatic carbocycles. The van der Waals surface area contributed by atoms with Gasteiger partial charge in [-0.15, -0.1) is 0 Å². The van der Waals surface area contributed by atoms with Gasteiger partial charge in [-0.2, -0.15) is 10.2 Å². The molecule has 0 N–H and O–H groups in total. The highest BCUT2D eigenvalue weighted by atomic mass is 15.6. The van der Waals surface area contributed by atoms with Crippen molar-refractivity contribution in [1.29, 1.82) is 0 Å². The Balaban J connectivity index is 2.25. The standard InChI is InChI=1S/C9H18N6/c1-2-4-6-8-10-12-14-15-13-11-9-7-5-3-1/h1-9H2/b12-10?,13-11?,15-14-. The van der Waals surface area contributed by atoms with Crippen LogP contribution in [0.25, 0.3) is 0 Å². The Morgan fingerprint density at radius 1 is 0.400 bits per heavy atom. The predicted molar refractivity (Wildman–Crippen MR) is 56.6 cm³/mol. The van der Waals surface area contributed by atoms with E-state index in [1.54, 1.807) is 0 Å². The first-order valence-corrected chi connectivity index (χ1v) is 5.63. The van der Waals surface area contributed by atoms with Crippen molar-refractivity contribution in [2.45, 2.75) is 44.9 Å². The Morgan fingerprint density at radius 3 is 1.27 bits per heavy atom. The van der Waals surface area contributed by atoms with Gasteiger partial charge in [0, 0.05) is 0 Å². The number of hydrogen-bond donors (Lipinski definition) is 0. The second kappa shape index (κ2) is 9.36. The topological polar surface area (TPSA) is 74.2 Å². The third-order valence-corrected chi connectivity index (χ3v) is 2.26. The Bertz CT molecular complexity index is 201. The largest absolute Gasteiger partial charge is 0.167 e. The fourth-order valence-electron chi connectivity index (χ4n) is 1.43. The average Bonchev–Trinajstić information content (AvgIpc) is 2.27. The molecule has 0 saturated carbocycles. The van der Waals surface area contributed by atoms with E-state index in [-0.39, 0.29) is 0 Å². The highest BCUT2D eigenvalue weighted by Crippen LogP contribution is 2.07. The van der Waals surface area contributed by atoms with Crippen LogP contribution in [-0.2, 0) is 0 Å². The van der Waals surface area contributed by atoms with Gasteiger partial charge in [-0.3, -0.25) is 0 Å². The van der Waals surface area contributed by atoms with Gasteiger partial charge in [0.1, 0.15) is 0 Å². The van der Waals surface area contributed by atoms with Crippen LogP contribution in [0, 0.1) is 0 Å². The van der Waals surface area contributed by atoms with Crippen molar-refractivity contribution < 1.29 is 0 Å². The summed E-state index contributed by atoms with van der Waals surface area (Å²) < 4.78 is 0. The molecule has 0 unspecified atom stereocenters. The Hall–Kier alpha value is -1.20. The van der Waals surface area contributed by atoms with Gasteiger partial charge < -0.3 is 0 Å². The van der Waals surface area contributed by atoms with Gasteiger partial charge in [0.25, 0.3) is 0 Å². The summed E-state index contributed by atoms with van der Waals surface area (Å²) in [4.78, 5) is 0. The Morgan fingerprint density at radius 2 is 0.800 bits per heavy atom. The molecule has 0 radical (unpaired) electrons. The first kappa shape index (κ1) is 11.9. The highest BCUT2D eigenvalue weighted by molar-refractivity contribution is 4.48. The molecule has 1 aliphatic heterocycles. The zero-order valence-electron chi connectivity index (χ0n) is 9.05. The van der Waals surface area contributed by atoms with Crippen LogP contribution in [0.2, 0.25) is 0 Å². The molecule has 0 atom stereocenters. The minimum Gasteiger partial charge on any atom is -0.167 e. The molecule has 0 saturated heterocycles. The third kappa shape index (κ3) is 7.84. The molecular weight excluding hydrogens is 192 g/mol. The van der Waals surface area contributed by atoms with E-state index in [2.05, 4.69) is 31.1 Å². The van der Waals surface area contributed by atoms with E-state index in [1.807, 2.05) is 0 Å². The molecule has 6 nitrogen and oxygen atoms in total. The molecule has 15 heavy (non-hydrogen) atoms. The SMILES string of the molecule is C1CCCCN=N/N=N\N=NCCCC1. The lowest BCUT2D eigenvalue weighted by Crippen LogP contribution is -1.84. The van der Waals surface area contributed by atoms with E-state index >= 15 is 0 Å². The molecule has 0 fully saturated rings. The summed E-state index contributed by atoms with van der Waals surface area (Å²) in [6.45, 7) is 1.46. The van der Waals surface area contributed by atoms with Crippen molar-refractivity contribution in [2.24, 2.45) is 31.1 Å². The molecule has 84 valence electrons. The molecule has 0 spiro atoms. The first-order chi connectivity index (χ1) is 7.50. The van der Waals surface area contributed by atoms with Crippen LogP contribution in [0.4, 0.5) is 0 Å². The van der Waals surface area contributed by atoms with Gasteiger partial charge in [0.05, 0.1) is 13.1 Å². The van der Waals surface area contributed by atoms with Gasteiger partial charge in [-0.05, 0) is 33.7 Å². The molecule has 0 bridgehead atoms. The predicted octanol–water partition coefficient (Wildman–Crippen LogP) is 3.92. The first-order valence-electron chi connectivity index (χ1n) is 5.63. The third-order valence-electron chi connectivity index (χ3n) is 2.26. The Kier molecular flexibility index (Phi) is 7.41. The minimum absolute atomic E-state index is 0.732. The fraction of sp³-hybridized carbons (Fsp3) is 1.00. The smallest absolute Gasteiger partial charge is 0.0621 e. The van der Waals surface area contributed by atoms with E-state index in [0.717, 1.165) is 25.9 Å². The van der Waals surface area contributed by atoms with Crippen molar-refractivity contribution in [3.63, 3.8) is 0 Å². The van der Waals surface area contributed by atoms with E-state index in [4.69, 9.17) is 0 Å². The van der Waals surface area contributed by atoms with E-state index in [1.165, 1.54) is 32.1 Å². The summed E-state index contributed by atoms with van der Waals surface area (Å²) >= 11 is 0. The van der Waals surface area contributed by atoms with Crippen LogP contribution in [0.3, 0.4) is 0 Å². The maximum atomic E-state index is 3.85. The van der Waals surface area contributed by atoms with Crippen molar-refractivity contribution in [2.75, 3.05) is 13.1 Å². The lowest BCUT2D eigenvalue weighted by Gasteiger charge is -1.98. The van der Waals surface area contributed by atoms with Crippen molar-refractivity contribution >= 4 is 0 Å². The van der Waals surface area contributed by atoms with Crippen molar-refractivity contribution in [3.8, 4) is 0 Å². The molecule has 1 heterocycles. The number of hydrogen-bond acceptors (Lipinski definition) is 6. The second-order valence-electron chi connectivity index (χ2n) is 3.56. The van der Waals surface area contributed by atoms with Crippen LogP contribution in [0.15, 0.2) is 31.1 Å². The summed E-state index contributed by atoms with van der Waals surface area (Å²) in [6.07, 6.45) is 8.51. The molecule has 1 rings (SSSR count). The molecule has 0 aromatic rings. The quantitative estimate of drug-likeness (QED) is 0.581. The molecule has 1 aliphatic rings. The monoisotopic (exact) mass is 210 g/mol. The summed E-state index contributed by atoms with van der Waals surface area (Å²) in [6, 6.07) is 0. The van der Waals surface area contributed by atoms with Gasteiger partial charge >= 0.3 is 0 Å². The van der Waals surface area contributed by atoms with Crippen LogP contribution in [0.5, 0.6) is 0 Å². The van der Waals surface area contributed by atoms with Gasteiger partial charge in [0.2, 0.25) is 0 Å². The van der Waals surface area contributed by atoms with Crippen LogP contribution in [0.1, 0.15) is 44.9 Å². The lowest BCUT2D eigenvalue weighted by atomic mass is 10.1. The summed E-state index contributed by atoms with van der Waals surface area (Å²) in [5.74, 6) is 0. The van der Waals surface area contributed by atoms with Crippen molar-refractivity contribution in [1.82, 2.24) is 0 Å². The molecule has 0 aromatic carbocycles. The summed E-state index contributed by atoms with van der Waals surface area (Å²) in [7, 11) is 0. The van der Waals surface area contributed by atoms with E-state index in [9.17, 15) is 0 Å². The Labute approximate surface area is 89.9 Å². The van der Waals surface area contributed by atoms with Crippen LogP contribution in [-0.4, -0.2) is 13.1 Å². The average molecular weight is 210 g/mol. The lowest BCUT2D eigenvalue weighted by molar-refractivity contribution is 0.580. The van der Waals surface area contributed by atoms with Crippen LogP contribution >= 0.6 is 0 Å². The van der Waals surface area contributed by atoms with E-state index in [0.29, 0.717) is 0 Å². The van der Waals surface area contributed by atoms with Crippen molar-refractivity contribution in [3.05, 3.63) is 0 Å². The van der Waals surface area contributed by atoms with Gasteiger partial charge in [-0.25, -0.2) is 0 Å². The maximum absolute atomic E-state index is 3.85. The van der Waals surface area contributed by atoms with E-state index < -0.39 is 0 Å². The number of rotatable bonds is 0. The molecule has 6 heteroatoms. The maximum Gasteiger partial charge on any atom is 0.0621 e. The molecule has 0 amide bonds. The van der Waals surface area contributed by atoms with Gasteiger partial charge in [0.15, 0.2) is 0 Å².